The second-order valence-electron chi connectivity index (χ2n) is 11.9. The molecule has 5 aliphatic rings. The highest BCUT2D eigenvalue weighted by atomic mass is 16.2. The molecule has 2 aliphatic heterocycles. The number of fused-ring (bicyclic) bond motifs is 5. The van der Waals surface area contributed by atoms with Crippen LogP contribution in [0.25, 0.3) is 0 Å². The Morgan fingerprint density at radius 3 is 2.68 bits per heavy atom. The summed E-state index contributed by atoms with van der Waals surface area (Å²) >= 11 is 0. The van der Waals surface area contributed by atoms with Gasteiger partial charge in [-0.2, -0.15) is 0 Å². The fraction of sp³-hybridized carbons (Fsp3) is 0.846. The predicted octanol–water partition coefficient (Wildman–Crippen LogP) is 3.85. The first kappa shape index (κ1) is 21.5. The van der Waals surface area contributed by atoms with Crippen LogP contribution in [0.3, 0.4) is 0 Å². The SMILES string of the molecule is CC1=C2N(C)C(=O)C(C(=O)NC3CCCNC3)C[C@]2(C)[C@@H]2CC[C@]3(C)CCC[C@H]3[C@@H]2C1. The van der Waals surface area contributed by atoms with Gasteiger partial charge >= 0.3 is 0 Å². The number of nitrogens with zero attached hydrogens (tertiary/aromatic N) is 1. The molecule has 0 radical (unpaired) electrons. The van der Waals surface area contributed by atoms with Gasteiger partial charge in [-0.3, -0.25) is 9.59 Å². The molecule has 2 heterocycles. The molecule has 0 aromatic carbocycles. The molecule has 3 aliphatic carbocycles. The maximum Gasteiger partial charge on any atom is 0.239 e. The molecule has 5 rings (SSSR count). The van der Waals surface area contributed by atoms with Crippen molar-refractivity contribution in [1.82, 2.24) is 15.5 Å². The summed E-state index contributed by atoms with van der Waals surface area (Å²) in [4.78, 5) is 28.5. The molecule has 0 bridgehead atoms. The third-order valence-electron chi connectivity index (χ3n) is 10.1. The lowest BCUT2D eigenvalue weighted by Gasteiger charge is -2.59. The van der Waals surface area contributed by atoms with Crippen LogP contribution in [0.1, 0.15) is 78.6 Å². The first-order valence-corrected chi connectivity index (χ1v) is 12.7. The number of rotatable bonds is 2. The molecule has 5 nitrogen and oxygen atoms in total. The number of hydrogen-bond donors (Lipinski definition) is 2. The zero-order valence-corrected chi connectivity index (χ0v) is 19.9. The maximum absolute atomic E-state index is 13.4. The smallest absolute Gasteiger partial charge is 0.239 e. The number of amides is 2. The molecule has 5 heteroatoms. The van der Waals surface area contributed by atoms with Gasteiger partial charge in [0.2, 0.25) is 11.8 Å². The minimum Gasteiger partial charge on any atom is -0.351 e. The molecule has 2 amide bonds. The quantitative estimate of drug-likeness (QED) is 0.658. The zero-order chi connectivity index (χ0) is 22.0. The fourth-order valence-corrected chi connectivity index (χ4v) is 8.72. The van der Waals surface area contributed by atoms with E-state index < -0.39 is 5.92 Å². The van der Waals surface area contributed by atoms with Crippen LogP contribution in [-0.4, -0.2) is 42.9 Å². The summed E-state index contributed by atoms with van der Waals surface area (Å²) in [7, 11) is 1.92. The van der Waals surface area contributed by atoms with Crippen molar-refractivity contribution >= 4 is 11.8 Å². The highest BCUT2D eigenvalue weighted by Gasteiger charge is 2.60. The first-order chi connectivity index (χ1) is 14.7. The van der Waals surface area contributed by atoms with Gasteiger partial charge in [0.05, 0.1) is 0 Å². The van der Waals surface area contributed by atoms with Crippen molar-refractivity contribution in [1.29, 1.82) is 0 Å². The Kier molecular flexibility index (Phi) is 5.27. The van der Waals surface area contributed by atoms with Gasteiger partial charge in [0.15, 0.2) is 0 Å². The number of hydrogen-bond acceptors (Lipinski definition) is 3. The van der Waals surface area contributed by atoms with Crippen molar-refractivity contribution in [3.8, 4) is 0 Å². The summed E-state index contributed by atoms with van der Waals surface area (Å²) in [6.45, 7) is 9.00. The summed E-state index contributed by atoms with van der Waals surface area (Å²) in [5.74, 6) is 1.50. The Labute approximate surface area is 187 Å². The van der Waals surface area contributed by atoms with Crippen LogP contribution in [-0.2, 0) is 9.59 Å². The Morgan fingerprint density at radius 2 is 1.94 bits per heavy atom. The van der Waals surface area contributed by atoms with E-state index in [1.54, 1.807) is 0 Å². The highest BCUT2D eigenvalue weighted by Crippen LogP contribution is 2.65. The molecule has 7 atom stereocenters. The molecular weight excluding hydrogens is 386 g/mol. The van der Waals surface area contributed by atoms with Crippen LogP contribution in [0.15, 0.2) is 11.3 Å². The van der Waals surface area contributed by atoms with E-state index in [0.29, 0.717) is 23.7 Å². The second-order valence-corrected chi connectivity index (χ2v) is 11.9. The largest absolute Gasteiger partial charge is 0.351 e. The first-order valence-electron chi connectivity index (χ1n) is 12.7. The number of piperidine rings is 2. The van der Waals surface area contributed by atoms with E-state index in [-0.39, 0.29) is 23.3 Å². The molecule has 0 spiro atoms. The van der Waals surface area contributed by atoms with E-state index in [2.05, 4.69) is 31.4 Å². The van der Waals surface area contributed by atoms with E-state index in [1.807, 2.05) is 11.9 Å². The number of carbonyl (C=O) groups excluding carboxylic acids is 2. The summed E-state index contributed by atoms with van der Waals surface area (Å²) in [6, 6.07) is 0.152. The van der Waals surface area contributed by atoms with Crippen molar-refractivity contribution in [3.63, 3.8) is 0 Å². The van der Waals surface area contributed by atoms with Crippen molar-refractivity contribution in [2.75, 3.05) is 20.1 Å². The van der Waals surface area contributed by atoms with Gasteiger partial charge in [0, 0.05) is 30.7 Å². The number of allylic oxidation sites excluding steroid dienone is 2. The van der Waals surface area contributed by atoms with Crippen molar-refractivity contribution in [2.24, 2.45) is 34.5 Å². The molecule has 2 unspecified atom stereocenters. The molecule has 2 saturated carbocycles. The lowest BCUT2D eigenvalue weighted by Crippen LogP contribution is -2.59. The molecule has 2 N–H and O–H groups in total. The minimum absolute atomic E-state index is 0.00643. The van der Waals surface area contributed by atoms with E-state index in [1.165, 1.54) is 43.4 Å². The number of nitrogens with one attached hydrogen (secondary N) is 2. The number of likely N-dealkylation sites (tertiary alicyclic amines) is 1. The Bertz CT molecular complexity index is 800. The molecule has 0 aromatic rings. The van der Waals surface area contributed by atoms with Gasteiger partial charge in [-0.1, -0.05) is 25.8 Å². The molecule has 4 fully saturated rings. The lowest BCUT2D eigenvalue weighted by molar-refractivity contribution is -0.149. The summed E-state index contributed by atoms with van der Waals surface area (Å²) in [5.41, 5.74) is 3.07. The third kappa shape index (κ3) is 3.29. The lowest BCUT2D eigenvalue weighted by atomic mass is 9.48. The average Bonchev–Trinajstić information content (AvgIpc) is 3.13. The maximum atomic E-state index is 13.4. The van der Waals surface area contributed by atoms with Gasteiger partial charge in [-0.25, -0.2) is 0 Å². The van der Waals surface area contributed by atoms with E-state index in [9.17, 15) is 9.59 Å². The van der Waals surface area contributed by atoms with E-state index in [4.69, 9.17) is 0 Å². The highest BCUT2D eigenvalue weighted by molar-refractivity contribution is 6.02. The molecule has 31 heavy (non-hydrogen) atoms. The standard InChI is InChI=1S/C26H41N3O2/c1-16-13-18-20-8-5-10-25(20,2)11-9-21(18)26(3)14-19(24(31)29(4)22(16)26)23(30)28-17-7-6-12-27-15-17/h17-21,27H,5-15H2,1-4H3,(H,28,30)/t17?,18-,19?,20-,21+,25-,26+/m0/s1. The topological polar surface area (TPSA) is 61.4 Å². The molecule has 172 valence electrons. The second kappa shape index (κ2) is 7.60. The normalized spacial score (nSPS) is 45.1. The van der Waals surface area contributed by atoms with E-state index >= 15 is 0 Å². The third-order valence-corrected chi connectivity index (χ3v) is 10.1. The van der Waals surface area contributed by atoms with Gasteiger partial charge in [0.1, 0.15) is 5.92 Å². The van der Waals surface area contributed by atoms with Crippen LogP contribution in [0.5, 0.6) is 0 Å². The molecule has 2 saturated heterocycles. The summed E-state index contributed by atoms with van der Waals surface area (Å²) in [5, 5.41) is 6.58. The van der Waals surface area contributed by atoms with Crippen LogP contribution >= 0.6 is 0 Å². The fourth-order valence-electron chi connectivity index (χ4n) is 8.72. The average molecular weight is 428 g/mol. The van der Waals surface area contributed by atoms with Crippen LogP contribution in [0.2, 0.25) is 0 Å². The molecular formula is C26H41N3O2. The van der Waals surface area contributed by atoms with E-state index in [0.717, 1.165) is 38.3 Å². The van der Waals surface area contributed by atoms with Crippen LogP contribution < -0.4 is 10.6 Å². The van der Waals surface area contributed by atoms with Crippen molar-refractivity contribution in [2.45, 2.75) is 84.6 Å². The predicted molar refractivity (Wildman–Crippen MR) is 122 cm³/mol. The summed E-state index contributed by atoms with van der Waals surface area (Å²) in [6.07, 6.45) is 10.6. The van der Waals surface area contributed by atoms with Gasteiger partial charge in [-0.15, -0.1) is 0 Å². The van der Waals surface area contributed by atoms with Gasteiger partial charge in [-0.05, 0) is 88.0 Å². The van der Waals surface area contributed by atoms with Crippen molar-refractivity contribution < 1.29 is 9.59 Å². The minimum atomic E-state index is -0.552. The summed E-state index contributed by atoms with van der Waals surface area (Å²) < 4.78 is 0. The molecule has 0 aromatic heterocycles. The van der Waals surface area contributed by atoms with Crippen LogP contribution in [0, 0.1) is 34.5 Å². The number of carbonyl (C=O) groups is 2. The Morgan fingerprint density at radius 1 is 1.13 bits per heavy atom. The zero-order valence-electron chi connectivity index (χ0n) is 19.9. The Hall–Kier alpha value is -1.36. The van der Waals surface area contributed by atoms with Crippen molar-refractivity contribution in [3.05, 3.63) is 11.3 Å². The van der Waals surface area contributed by atoms with Gasteiger partial charge in [0.25, 0.3) is 0 Å². The van der Waals surface area contributed by atoms with Crippen LogP contribution in [0.4, 0.5) is 0 Å². The monoisotopic (exact) mass is 427 g/mol. The Balaban J connectivity index is 1.44. The van der Waals surface area contributed by atoms with Gasteiger partial charge < -0.3 is 15.5 Å².